The third-order valence-corrected chi connectivity index (χ3v) is 9.15. The van der Waals surface area contributed by atoms with E-state index in [1.807, 2.05) is 45.0 Å². The second kappa shape index (κ2) is 16.2. The summed E-state index contributed by atoms with van der Waals surface area (Å²) in [6.45, 7) is 16.3. The van der Waals surface area contributed by atoms with Gasteiger partial charge in [0.1, 0.15) is 11.6 Å². The van der Waals surface area contributed by atoms with E-state index in [4.69, 9.17) is 9.47 Å². The summed E-state index contributed by atoms with van der Waals surface area (Å²) in [7, 11) is 1.68. The van der Waals surface area contributed by atoms with Crippen molar-refractivity contribution in [2.45, 2.75) is 99.1 Å². The van der Waals surface area contributed by atoms with E-state index in [0.717, 1.165) is 63.3 Å². The second-order valence-corrected chi connectivity index (χ2v) is 11.6. The number of ether oxygens (including phenoxy) is 2. The van der Waals surface area contributed by atoms with Crippen LogP contribution in [0.5, 0.6) is 5.75 Å². The average molecular weight is 585 g/mol. The van der Waals surface area contributed by atoms with E-state index >= 15 is 0 Å². The Morgan fingerprint density at radius 1 is 1.07 bits per heavy atom. The summed E-state index contributed by atoms with van der Waals surface area (Å²) in [5.41, 5.74) is 1.79. The molecule has 5 rings (SSSR count). The molecule has 42 heavy (non-hydrogen) atoms. The van der Waals surface area contributed by atoms with Gasteiger partial charge in [-0.25, -0.2) is 14.4 Å². The zero-order valence-corrected chi connectivity index (χ0v) is 27.0. The van der Waals surface area contributed by atoms with Crippen molar-refractivity contribution >= 4 is 11.9 Å². The first kappa shape index (κ1) is 33.8. The molecule has 2 saturated heterocycles. The first-order chi connectivity index (χ1) is 20.4. The van der Waals surface area contributed by atoms with E-state index in [1.54, 1.807) is 19.2 Å². The third-order valence-electron chi connectivity index (χ3n) is 9.15. The maximum atomic E-state index is 14.7. The molecule has 0 N–H and O–H groups in total. The summed E-state index contributed by atoms with van der Waals surface area (Å²) in [6.07, 6.45) is 10.4. The summed E-state index contributed by atoms with van der Waals surface area (Å²) in [5, 5.41) is 0. The molecule has 7 nitrogen and oxygen atoms in total. The van der Waals surface area contributed by atoms with Gasteiger partial charge in [0.25, 0.3) is 0 Å². The molecule has 2 aliphatic heterocycles. The van der Waals surface area contributed by atoms with E-state index in [-0.39, 0.29) is 24.2 Å². The lowest BCUT2D eigenvalue weighted by Crippen LogP contribution is -2.37. The van der Waals surface area contributed by atoms with Crippen LogP contribution < -0.4 is 9.64 Å². The zero-order chi connectivity index (χ0) is 30.7. The van der Waals surface area contributed by atoms with Gasteiger partial charge in [-0.1, -0.05) is 40.7 Å². The van der Waals surface area contributed by atoms with Crippen molar-refractivity contribution in [3.05, 3.63) is 47.5 Å². The second-order valence-electron chi connectivity index (χ2n) is 11.6. The van der Waals surface area contributed by atoms with Crippen LogP contribution in [0.2, 0.25) is 0 Å². The highest BCUT2D eigenvalue weighted by Crippen LogP contribution is 2.61. The highest BCUT2D eigenvalue weighted by atomic mass is 19.1. The standard InChI is InChI=1S/C30H41FN4O3.2C2H6/c1-21-5-4-11-35(21)28(36)15-23-6-7-26(16-27(23)31)38-14-10-25-17-30(25,2)24-8-12-34(13-9-24)29-32-18-22(19-33-29)20-37-3;2*1-2/h6-7,16,18-19,21,24-25H,4-5,8-15,17,20H2,1-3H3;2*1-2H3/t21-,25?,30?;;/m0../s1. The minimum Gasteiger partial charge on any atom is -0.493 e. The van der Waals surface area contributed by atoms with Gasteiger partial charge < -0.3 is 19.3 Å². The smallest absolute Gasteiger partial charge is 0.227 e. The molecular weight excluding hydrogens is 531 g/mol. The van der Waals surface area contributed by atoms with Gasteiger partial charge in [0.05, 0.1) is 19.6 Å². The Kier molecular flexibility index (Phi) is 13.0. The molecular formula is C34H53FN4O3. The molecule has 1 aromatic carbocycles. The Bertz CT molecular complexity index is 1110. The molecule has 0 bridgehead atoms. The maximum Gasteiger partial charge on any atom is 0.227 e. The van der Waals surface area contributed by atoms with Gasteiger partial charge in [-0.05, 0) is 74.3 Å². The summed E-state index contributed by atoms with van der Waals surface area (Å²) >= 11 is 0. The Hall–Kier alpha value is -2.74. The fourth-order valence-corrected chi connectivity index (χ4v) is 6.54. The number of amides is 1. The number of hydrogen-bond acceptors (Lipinski definition) is 6. The fraction of sp³-hybridized carbons (Fsp3) is 0.676. The van der Waals surface area contributed by atoms with Gasteiger partial charge in [-0.3, -0.25) is 4.79 Å². The van der Waals surface area contributed by atoms with Crippen LogP contribution in [-0.4, -0.2) is 60.2 Å². The van der Waals surface area contributed by atoms with Gasteiger partial charge in [0.15, 0.2) is 0 Å². The highest BCUT2D eigenvalue weighted by Gasteiger charge is 2.54. The first-order valence-electron chi connectivity index (χ1n) is 16.1. The molecule has 8 heteroatoms. The summed E-state index contributed by atoms with van der Waals surface area (Å²) in [6, 6.07) is 5.18. The summed E-state index contributed by atoms with van der Waals surface area (Å²) in [5.74, 6) is 2.34. The molecule has 1 aromatic heterocycles. The number of rotatable bonds is 10. The number of aromatic nitrogens is 2. The Morgan fingerprint density at radius 3 is 2.36 bits per heavy atom. The molecule has 0 spiro atoms. The van der Waals surface area contributed by atoms with Crippen molar-refractivity contribution in [3.63, 3.8) is 0 Å². The number of piperidine rings is 1. The van der Waals surface area contributed by atoms with E-state index < -0.39 is 0 Å². The van der Waals surface area contributed by atoms with Crippen LogP contribution in [0.3, 0.4) is 0 Å². The van der Waals surface area contributed by atoms with Crippen LogP contribution in [0.1, 0.15) is 91.2 Å². The number of hydrogen-bond donors (Lipinski definition) is 0. The van der Waals surface area contributed by atoms with Crippen molar-refractivity contribution in [2.75, 3.05) is 38.3 Å². The SMILES string of the molecule is CC.CC.COCc1cnc(N2CCC(C3(C)CC3CCOc3ccc(CC(=O)N4CCC[C@@H]4C)c(F)c3)CC2)nc1. The number of anilines is 1. The quantitative estimate of drug-likeness (QED) is 0.297. The monoisotopic (exact) mass is 584 g/mol. The molecule has 1 aliphatic carbocycles. The average Bonchev–Trinajstić information content (AvgIpc) is 3.48. The lowest BCUT2D eigenvalue weighted by atomic mass is 9.81. The number of likely N-dealkylation sites (tertiary alicyclic amines) is 1. The molecule has 234 valence electrons. The summed E-state index contributed by atoms with van der Waals surface area (Å²) < 4.78 is 25.8. The minimum atomic E-state index is -0.358. The highest BCUT2D eigenvalue weighted by molar-refractivity contribution is 5.79. The van der Waals surface area contributed by atoms with Crippen molar-refractivity contribution in [1.29, 1.82) is 0 Å². The Balaban J connectivity index is 0.00000116. The number of carbonyl (C=O) groups is 1. The van der Waals surface area contributed by atoms with Crippen LogP contribution >= 0.6 is 0 Å². The van der Waals surface area contributed by atoms with Crippen LogP contribution in [0.15, 0.2) is 30.6 Å². The molecule has 1 saturated carbocycles. The van der Waals surface area contributed by atoms with Crippen molar-refractivity contribution in [1.82, 2.24) is 14.9 Å². The van der Waals surface area contributed by atoms with E-state index in [2.05, 4.69) is 28.7 Å². The molecule has 3 heterocycles. The number of halogens is 1. The molecule has 0 radical (unpaired) electrons. The van der Waals surface area contributed by atoms with Crippen molar-refractivity contribution in [3.8, 4) is 5.75 Å². The van der Waals surface area contributed by atoms with Gasteiger partial charge in [-0.2, -0.15) is 0 Å². The van der Waals surface area contributed by atoms with Crippen LogP contribution in [-0.2, 0) is 22.6 Å². The van der Waals surface area contributed by atoms with Crippen molar-refractivity contribution < 1.29 is 18.7 Å². The van der Waals surface area contributed by atoms with Gasteiger partial charge in [0, 0.05) is 56.8 Å². The largest absolute Gasteiger partial charge is 0.493 e. The molecule has 3 atom stereocenters. The van der Waals surface area contributed by atoms with E-state index in [0.29, 0.717) is 41.8 Å². The molecule has 2 unspecified atom stereocenters. The van der Waals surface area contributed by atoms with Gasteiger partial charge in [-0.15, -0.1) is 0 Å². The first-order valence-corrected chi connectivity index (χ1v) is 16.1. The molecule has 1 amide bonds. The third kappa shape index (κ3) is 8.42. The maximum absolute atomic E-state index is 14.7. The van der Waals surface area contributed by atoms with E-state index in [9.17, 15) is 9.18 Å². The van der Waals surface area contributed by atoms with Gasteiger partial charge >= 0.3 is 0 Å². The lowest BCUT2D eigenvalue weighted by Gasteiger charge is -2.35. The van der Waals surface area contributed by atoms with E-state index in [1.165, 1.54) is 12.5 Å². The minimum absolute atomic E-state index is 0.00827. The van der Waals surface area contributed by atoms with Gasteiger partial charge in [0.2, 0.25) is 11.9 Å². The van der Waals surface area contributed by atoms with Crippen molar-refractivity contribution in [2.24, 2.45) is 17.3 Å². The molecule has 3 fully saturated rings. The predicted octanol–water partition coefficient (Wildman–Crippen LogP) is 7.08. The molecule has 2 aromatic rings. The summed E-state index contributed by atoms with van der Waals surface area (Å²) in [4.78, 5) is 25.8. The molecule has 3 aliphatic rings. The topological polar surface area (TPSA) is 67.8 Å². The Morgan fingerprint density at radius 2 is 1.76 bits per heavy atom. The van der Waals surface area contributed by atoms with Crippen LogP contribution in [0.4, 0.5) is 10.3 Å². The number of benzene rings is 1. The number of methoxy groups -OCH3 is 1. The zero-order valence-electron chi connectivity index (χ0n) is 27.0. The fourth-order valence-electron chi connectivity index (χ4n) is 6.54. The Labute approximate surface area is 253 Å². The predicted molar refractivity (Wildman–Crippen MR) is 167 cm³/mol. The number of carbonyl (C=O) groups excluding carboxylic acids is 1. The normalized spacial score (nSPS) is 23.4. The lowest BCUT2D eigenvalue weighted by molar-refractivity contribution is -0.131. The van der Waals surface area contributed by atoms with Crippen LogP contribution in [0.25, 0.3) is 0 Å². The number of nitrogens with zero attached hydrogens (tertiary/aromatic N) is 4. The van der Waals surface area contributed by atoms with Crippen LogP contribution in [0, 0.1) is 23.1 Å².